The first-order chi connectivity index (χ1) is 5.36. The molecule has 2 nitrogen and oxygen atoms in total. The van der Waals surface area contributed by atoms with Crippen LogP contribution in [0.15, 0.2) is 18.3 Å². The number of methoxy groups -OCH3 is 1. The molecule has 0 aliphatic rings. The molecule has 1 rings (SSSR count). The Labute approximate surface area is 75.2 Å². The number of pyridine rings is 1. The molecule has 4 heteroatoms. The van der Waals surface area contributed by atoms with E-state index in [1.54, 1.807) is 13.3 Å². The number of rotatable bonds is 3. The molecule has 1 heterocycles. The predicted octanol–water partition coefficient (Wildman–Crippen LogP) is 2.17. The number of aromatic nitrogens is 1. The molecule has 60 valence electrons. The summed E-state index contributed by atoms with van der Waals surface area (Å²) in [5, 5.41) is 0. The summed E-state index contributed by atoms with van der Waals surface area (Å²) in [5.41, 5.74) is 1.16. The maximum absolute atomic E-state index is 4.91. The van der Waals surface area contributed by atoms with Gasteiger partial charge in [0.15, 0.2) is 0 Å². The van der Waals surface area contributed by atoms with Crippen molar-refractivity contribution in [1.29, 1.82) is 0 Å². The Hall–Kier alpha value is -0.350. The summed E-state index contributed by atoms with van der Waals surface area (Å²) in [7, 11) is 3.09. The Morgan fingerprint density at radius 1 is 1.64 bits per heavy atom. The lowest BCUT2D eigenvalue weighted by Gasteiger charge is -1.99. The third kappa shape index (κ3) is 2.63. The van der Waals surface area contributed by atoms with Crippen LogP contribution >= 0.6 is 22.5 Å². The molecular formula is C7H9NOS2. The van der Waals surface area contributed by atoms with Crippen LogP contribution in [0.3, 0.4) is 0 Å². The van der Waals surface area contributed by atoms with Crippen LogP contribution < -0.4 is 4.74 Å². The van der Waals surface area contributed by atoms with Crippen molar-refractivity contribution in [3.63, 3.8) is 0 Å². The Kier molecular flexibility index (Phi) is 3.59. The summed E-state index contributed by atoms with van der Waals surface area (Å²) < 4.78 is 4.91. The summed E-state index contributed by atoms with van der Waals surface area (Å²) in [5.74, 6) is 1.53. The molecule has 0 spiro atoms. The van der Waals surface area contributed by atoms with E-state index in [-0.39, 0.29) is 0 Å². The number of hydrogen-bond donors (Lipinski definition) is 1. The zero-order chi connectivity index (χ0) is 8.10. The van der Waals surface area contributed by atoms with E-state index in [1.165, 1.54) is 10.8 Å². The topological polar surface area (TPSA) is 22.1 Å². The van der Waals surface area contributed by atoms with Crippen molar-refractivity contribution in [2.45, 2.75) is 5.75 Å². The van der Waals surface area contributed by atoms with Gasteiger partial charge in [0.05, 0.1) is 7.11 Å². The molecule has 11 heavy (non-hydrogen) atoms. The minimum absolute atomic E-state index is 0.651. The molecule has 0 amide bonds. The summed E-state index contributed by atoms with van der Waals surface area (Å²) in [6, 6.07) is 3.83. The molecule has 0 aliphatic heterocycles. The van der Waals surface area contributed by atoms with Crippen LogP contribution in [0.4, 0.5) is 0 Å². The highest BCUT2D eigenvalue weighted by molar-refractivity contribution is 8.68. The first kappa shape index (κ1) is 8.74. The first-order valence-corrected chi connectivity index (χ1v) is 5.16. The van der Waals surface area contributed by atoms with Crippen LogP contribution in [0, 0.1) is 0 Å². The molecule has 0 fully saturated rings. The molecule has 0 aliphatic carbocycles. The highest BCUT2D eigenvalue weighted by Crippen LogP contribution is 2.15. The standard InChI is InChI=1S/C7H9NOS2/c1-9-7-3-2-6(4-8-7)5-11-10/h2-4,10H,5H2,1H3. The Bertz CT molecular complexity index is 212. The van der Waals surface area contributed by atoms with Gasteiger partial charge in [-0.05, 0) is 5.56 Å². The monoisotopic (exact) mass is 187 g/mol. The van der Waals surface area contributed by atoms with E-state index in [0.29, 0.717) is 5.88 Å². The van der Waals surface area contributed by atoms with Crippen molar-refractivity contribution in [3.8, 4) is 5.88 Å². The second-order valence-electron chi connectivity index (χ2n) is 1.98. The molecule has 0 bridgehead atoms. The third-order valence-corrected chi connectivity index (χ3v) is 2.09. The molecule has 0 atom stereocenters. The molecule has 0 aromatic carbocycles. The highest BCUT2D eigenvalue weighted by atomic mass is 33.1. The van der Waals surface area contributed by atoms with Crippen LogP contribution in [0.25, 0.3) is 0 Å². The van der Waals surface area contributed by atoms with Gasteiger partial charge >= 0.3 is 0 Å². The molecule has 0 unspecified atom stereocenters. The molecule has 0 N–H and O–H groups in total. The number of thiol groups is 1. The molecule has 0 saturated heterocycles. The van der Waals surface area contributed by atoms with Gasteiger partial charge in [-0.15, -0.1) is 11.7 Å². The van der Waals surface area contributed by atoms with Crippen molar-refractivity contribution in [3.05, 3.63) is 23.9 Å². The Morgan fingerprint density at radius 2 is 2.45 bits per heavy atom. The number of ether oxygens (including phenoxy) is 1. The molecular weight excluding hydrogens is 178 g/mol. The lowest BCUT2D eigenvalue weighted by atomic mass is 10.3. The van der Waals surface area contributed by atoms with E-state index in [9.17, 15) is 0 Å². The zero-order valence-corrected chi connectivity index (χ0v) is 7.86. The molecule has 1 aromatic rings. The zero-order valence-electron chi connectivity index (χ0n) is 6.15. The van der Waals surface area contributed by atoms with Crippen molar-refractivity contribution in [1.82, 2.24) is 4.98 Å². The van der Waals surface area contributed by atoms with Gasteiger partial charge < -0.3 is 4.74 Å². The van der Waals surface area contributed by atoms with Crippen molar-refractivity contribution in [2.75, 3.05) is 7.11 Å². The second kappa shape index (κ2) is 4.51. The fraction of sp³-hybridized carbons (Fsp3) is 0.286. The van der Waals surface area contributed by atoms with E-state index >= 15 is 0 Å². The van der Waals surface area contributed by atoms with Gasteiger partial charge in [0.1, 0.15) is 0 Å². The highest BCUT2D eigenvalue weighted by Gasteiger charge is 1.93. The number of nitrogens with zero attached hydrogens (tertiary/aromatic N) is 1. The average Bonchev–Trinajstić information content (AvgIpc) is 2.07. The summed E-state index contributed by atoms with van der Waals surface area (Å²) in [6.07, 6.45) is 1.79. The summed E-state index contributed by atoms with van der Waals surface area (Å²) in [4.78, 5) is 4.05. The van der Waals surface area contributed by atoms with Gasteiger partial charge in [0, 0.05) is 18.0 Å². The third-order valence-electron chi connectivity index (χ3n) is 1.24. The Morgan fingerprint density at radius 3 is 2.91 bits per heavy atom. The quantitative estimate of drug-likeness (QED) is 0.579. The average molecular weight is 187 g/mol. The fourth-order valence-electron chi connectivity index (χ4n) is 0.692. The van der Waals surface area contributed by atoms with Gasteiger partial charge in [0.25, 0.3) is 0 Å². The van der Waals surface area contributed by atoms with Crippen LogP contribution in [-0.2, 0) is 5.75 Å². The second-order valence-corrected chi connectivity index (χ2v) is 3.30. The smallest absolute Gasteiger partial charge is 0.212 e. The van der Waals surface area contributed by atoms with Crippen LogP contribution in [0.1, 0.15) is 5.56 Å². The van der Waals surface area contributed by atoms with E-state index in [0.717, 1.165) is 11.3 Å². The van der Waals surface area contributed by atoms with Gasteiger partial charge in [-0.2, -0.15) is 0 Å². The number of hydrogen-bond acceptors (Lipinski definition) is 4. The van der Waals surface area contributed by atoms with Crippen molar-refractivity contribution in [2.24, 2.45) is 0 Å². The van der Waals surface area contributed by atoms with Crippen molar-refractivity contribution < 1.29 is 4.74 Å². The van der Waals surface area contributed by atoms with Gasteiger partial charge in [0.2, 0.25) is 5.88 Å². The molecule has 1 aromatic heterocycles. The SMILES string of the molecule is COc1ccc(CSS)cn1. The maximum Gasteiger partial charge on any atom is 0.212 e. The van der Waals surface area contributed by atoms with E-state index in [1.807, 2.05) is 12.1 Å². The van der Waals surface area contributed by atoms with Gasteiger partial charge in [-0.25, -0.2) is 4.98 Å². The first-order valence-electron chi connectivity index (χ1n) is 3.12. The predicted molar refractivity (Wildman–Crippen MR) is 51.1 cm³/mol. The van der Waals surface area contributed by atoms with Crippen LogP contribution in [0.2, 0.25) is 0 Å². The van der Waals surface area contributed by atoms with E-state index < -0.39 is 0 Å². The maximum atomic E-state index is 4.91. The lowest BCUT2D eigenvalue weighted by Crippen LogP contribution is -1.87. The minimum Gasteiger partial charge on any atom is -0.481 e. The normalized spacial score (nSPS) is 9.64. The van der Waals surface area contributed by atoms with Gasteiger partial charge in [-0.3, -0.25) is 0 Å². The largest absolute Gasteiger partial charge is 0.481 e. The van der Waals surface area contributed by atoms with E-state index in [4.69, 9.17) is 4.74 Å². The molecule has 0 saturated carbocycles. The fourth-order valence-corrected chi connectivity index (χ4v) is 1.46. The summed E-state index contributed by atoms with van der Waals surface area (Å²) in [6.45, 7) is 0. The van der Waals surface area contributed by atoms with Crippen molar-refractivity contribution >= 4 is 22.5 Å². The van der Waals surface area contributed by atoms with Crippen LogP contribution in [0.5, 0.6) is 5.88 Å². The summed E-state index contributed by atoms with van der Waals surface area (Å²) >= 11 is 4.04. The van der Waals surface area contributed by atoms with Gasteiger partial charge in [-0.1, -0.05) is 16.9 Å². The molecule has 0 radical (unpaired) electrons. The minimum atomic E-state index is 0.651. The Balaban J connectivity index is 2.66. The van der Waals surface area contributed by atoms with E-state index in [2.05, 4.69) is 16.6 Å². The lowest BCUT2D eigenvalue weighted by molar-refractivity contribution is 0.397. The van der Waals surface area contributed by atoms with Crippen LogP contribution in [-0.4, -0.2) is 12.1 Å².